The molecule has 1 N–H and O–H groups in total. The van der Waals surface area contributed by atoms with Crippen LogP contribution in [0.25, 0.3) is 0 Å². The zero-order valence-electron chi connectivity index (χ0n) is 12.5. The summed E-state index contributed by atoms with van der Waals surface area (Å²) in [4.78, 5) is 6.04. The maximum absolute atomic E-state index is 12.7. The average molecular weight is 301 g/mol. The SMILES string of the molecule is CCNC(C)C1CCN(c2cc(C(F)(F)F)ccn2)CC1. The van der Waals surface area contributed by atoms with Gasteiger partial charge in [0, 0.05) is 25.3 Å². The number of hydrogen-bond donors (Lipinski definition) is 1. The molecule has 2 rings (SSSR count). The Hall–Kier alpha value is -1.30. The van der Waals surface area contributed by atoms with E-state index in [4.69, 9.17) is 0 Å². The zero-order chi connectivity index (χ0) is 15.5. The van der Waals surface area contributed by atoms with Crippen LogP contribution >= 0.6 is 0 Å². The minimum absolute atomic E-state index is 0.430. The van der Waals surface area contributed by atoms with E-state index >= 15 is 0 Å². The van der Waals surface area contributed by atoms with E-state index in [0.717, 1.165) is 44.6 Å². The number of alkyl halides is 3. The number of anilines is 1. The lowest BCUT2D eigenvalue weighted by Crippen LogP contribution is -2.42. The van der Waals surface area contributed by atoms with Gasteiger partial charge in [0.15, 0.2) is 0 Å². The molecule has 0 radical (unpaired) electrons. The molecule has 1 atom stereocenters. The van der Waals surface area contributed by atoms with E-state index in [2.05, 4.69) is 24.1 Å². The standard InChI is InChI=1S/C15H22F3N3/c1-3-19-11(2)12-5-8-21(9-6-12)14-10-13(4-7-20-14)15(16,17)18/h4,7,10-12,19H,3,5-6,8-9H2,1-2H3. The fourth-order valence-corrected chi connectivity index (χ4v) is 2.88. The zero-order valence-corrected chi connectivity index (χ0v) is 12.5. The van der Waals surface area contributed by atoms with Crippen molar-refractivity contribution in [3.63, 3.8) is 0 Å². The molecular weight excluding hydrogens is 279 g/mol. The predicted molar refractivity (Wildman–Crippen MR) is 77.3 cm³/mol. The van der Waals surface area contributed by atoms with Gasteiger partial charge in [0.2, 0.25) is 0 Å². The summed E-state index contributed by atoms with van der Waals surface area (Å²) in [5.74, 6) is 1.01. The van der Waals surface area contributed by atoms with Crippen molar-refractivity contribution in [2.24, 2.45) is 5.92 Å². The quantitative estimate of drug-likeness (QED) is 0.925. The number of nitrogens with zero attached hydrogens (tertiary/aromatic N) is 2. The molecule has 0 aromatic carbocycles. The Kier molecular flexibility index (Phi) is 5.08. The first-order chi connectivity index (χ1) is 9.91. The second-order valence-corrected chi connectivity index (χ2v) is 5.57. The van der Waals surface area contributed by atoms with Crippen molar-refractivity contribution in [3.8, 4) is 0 Å². The molecule has 1 fully saturated rings. The van der Waals surface area contributed by atoms with Gasteiger partial charge in [0.1, 0.15) is 5.82 Å². The number of halogens is 3. The first-order valence-corrected chi connectivity index (χ1v) is 7.43. The molecule has 21 heavy (non-hydrogen) atoms. The molecule has 0 bridgehead atoms. The molecular formula is C15H22F3N3. The molecule has 0 spiro atoms. The largest absolute Gasteiger partial charge is 0.416 e. The molecule has 1 saturated heterocycles. The lowest BCUT2D eigenvalue weighted by atomic mass is 9.90. The van der Waals surface area contributed by atoms with E-state index < -0.39 is 11.7 Å². The van der Waals surface area contributed by atoms with E-state index in [9.17, 15) is 13.2 Å². The fourth-order valence-electron chi connectivity index (χ4n) is 2.88. The summed E-state index contributed by atoms with van der Waals surface area (Å²) in [7, 11) is 0. The average Bonchev–Trinajstić information content (AvgIpc) is 2.47. The maximum atomic E-state index is 12.7. The monoisotopic (exact) mass is 301 g/mol. The first kappa shape index (κ1) is 16.1. The van der Waals surface area contributed by atoms with Crippen LogP contribution in [0.2, 0.25) is 0 Å². The maximum Gasteiger partial charge on any atom is 0.416 e. The van der Waals surface area contributed by atoms with Crippen LogP contribution in [0, 0.1) is 5.92 Å². The Balaban J connectivity index is 1.99. The van der Waals surface area contributed by atoms with Gasteiger partial charge in [0.05, 0.1) is 5.56 Å². The highest BCUT2D eigenvalue weighted by Gasteiger charge is 2.32. The van der Waals surface area contributed by atoms with Gasteiger partial charge in [-0.1, -0.05) is 6.92 Å². The van der Waals surface area contributed by atoms with Gasteiger partial charge in [-0.05, 0) is 44.4 Å². The third-order valence-electron chi connectivity index (χ3n) is 4.17. The van der Waals surface area contributed by atoms with Gasteiger partial charge in [-0.3, -0.25) is 0 Å². The summed E-state index contributed by atoms with van der Waals surface area (Å²) in [6, 6.07) is 2.61. The number of hydrogen-bond acceptors (Lipinski definition) is 3. The first-order valence-electron chi connectivity index (χ1n) is 7.43. The number of pyridine rings is 1. The van der Waals surface area contributed by atoms with E-state index in [1.54, 1.807) is 0 Å². The molecule has 1 unspecified atom stereocenters. The Morgan fingerprint density at radius 3 is 2.62 bits per heavy atom. The number of rotatable bonds is 4. The van der Waals surface area contributed by atoms with E-state index in [-0.39, 0.29) is 0 Å². The topological polar surface area (TPSA) is 28.2 Å². The molecule has 1 aromatic rings. The van der Waals surface area contributed by atoms with Crippen molar-refractivity contribution in [1.82, 2.24) is 10.3 Å². The number of nitrogens with one attached hydrogen (secondary N) is 1. The highest BCUT2D eigenvalue weighted by molar-refractivity contribution is 5.42. The minimum atomic E-state index is -4.31. The van der Waals surface area contributed by atoms with Crippen molar-refractivity contribution in [2.45, 2.75) is 38.9 Å². The summed E-state index contributed by atoms with van der Waals surface area (Å²) in [6.45, 7) is 6.71. The smallest absolute Gasteiger partial charge is 0.357 e. The summed E-state index contributed by atoms with van der Waals surface area (Å²) in [5, 5.41) is 3.42. The molecule has 3 nitrogen and oxygen atoms in total. The van der Waals surface area contributed by atoms with Crippen LogP contribution in [0.5, 0.6) is 0 Å². The van der Waals surface area contributed by atoms with Crippen molar-refractivity contribution < 1.29 is 13.2 Å². The predicted octanol–water partition coefficient (Wildman–Crippen LogP) is 3.31. The van der Waals surface area contributed by atoms with Gasteiger partial charge in [-0.25, -0.2) is 4.98 Å². The molecule has 2 heterocycles. The van der Waals surface area contributed by atoms with Crippen molar-refractivity contribution >= 4 is 5.82 Å². The van der Waals surface area contributed by atoms with Crippen LogP contribution in [0.3, 0.4) is 0 Å². The van der Waals surface area contributed by atoms with Crippen LogP contribution in [0.15, 0.2) is 18.3 Å². The Morgan fingerprint density at radius 1 is 1.38 bits per heavy atom. The van der Waals surface area contributed by atoms with Crippen LogP contribution in [-0.2, 0) is 6.18 Å². The number of piperidine rings is 1. The summed E-state index contributed by atoms with van der Waals surface area (Å²) in [6.07, 6.45) is -1.11. The van der Waals surface area contributed by atoms with Crippen molar-refractivity contribution in [2.75, 3.05) is 24.5 Å². The third kappa shape index (κ3) is 4.09. The third-order valence-corrected chi connectivity index (χ3v) is 4.17. The normalized spacial score (nSPS) is 18.8. The van der Waals surface area contributed by atoms with Crippen LogP contribution in [0.4, 0.5) is 19.0 Å². The lowest BCUT2D eigenvalue weighted by molar-refractivity contribution is -0.137. The van der Waals surface area contributed by atoms with E-state index in [1.807, 2.05) is 4.90 Å². The molecule has 1 aromatic heterocycles. The Morgan fingerprint density at radius 2 is 2.05 bits per heavy atom. The van der Waals surface area contributed by atoms with Crippen LogP contribution < -0.4 is 10.2 Å². The van der Waals surface area contributed by atoms with Crippen LogP contribution in [0.1, 0.15) is 32.3 Å². The van der Waals surface area contributed by atoms with Gasteiger partial charge in [-0.2, -0.15) is 13.2 Å². The van der Waals surface area contributed by atoms with Gasteiger partial charge >= 0.3 is 6.18 Å². The summed E-state index contributed by atoms with van der Waals surface area (Å²) < 4.78 is 38.2. The molecule has 0 amide bonds. The lowest BCUT2D eigenvalue weighted by Gasteiger charge is -2.36. The molecule has 1 aliphatic heterocycles. The minimum Gasteiger partial charge on any atom is -0.357 e. The van der Waals surface area contributed by atoms with E-state index in [0.29, 0.717) is 17.8 Å². The van der Waals surface area contributed by atoms with E-state index in [1.165, 1.54) is 6.20 Å². The molecule has 118 valence electrons. The number of aromatic nitrogens is 1. The molecule has 0 saturated carbocycles. The Bertz CT molecular complexity index is 454. The van der Waals surface area contributed by atoms with Crippen LogP contribution in [-0.4, -0.2) is 30.7 Å². The molecule has 6 heteroatoms. The van der Waals surface area contributed by atoms with Crippen molar-refractivity contribution in [3.05, 3.63) is 23.9 Å². The van der Waals surface area contributed by atoms with Crippen molar-refractivity contribution in [1.29, 1.82) is 0 Å². The fraction of sp³-hybridized carbons (Fsp3) is 0.667. The Labute approximate surface area is 123 Å². The van der Waals surface area contributed by atoms with Gasteiger partial charge < -0.3 is 10.2 Å². The summed E-state index contributed by atoms with van der Waals surface area (Å²) >= 11 is 0. The highest BCUT2D eigenvalue weighted by atomic mass is 19.4. The van der Waals surface area contributed by atoms with Gasteiger partial charge in [0.25, 0.3) is 0 Å². The molecule has 0 aliphatic carbocycles. The highest BCUT2D eigenvalue weighted by Crippen LogP contribution is 2.32. The molecule has 1 aliphatic rings. The summed E-state index contributed by atoms with van der Waals surface area (Å²) in [5.41, 5.74) is -0.629. The second-order valence-electron chi connectivity index (χ2n) is 5.57. The van der Waals surface area contributed by atoms with Gasteiger partial charge in [-0.15, -0.1) is 0 Å². The second kappa shape index (κ2) is 6.64.